The Balaban J connectivity index is 1.96. The van der Waals surface area contributed by atoms with Crippen molar-refractivity contribution in [3.8, 4) is 0 Å². The standard InChI is InChI=1S/C14H14ClN3S2/c1-9-10(8-18(2)17-9)16-14(11-4-3-7-19-11)12-5-6-13(15)20-12/h3-8,14,16H,1-2H3. The third kappa shape index (κ3) is 2.75. The first kappa shape index (κ1) is 13.7. The summed E-state index contributed by atoms with van der Waals surface area (Å²) in [4.78, 5) is 2.48. The van der Waals surface area contributed by atoms with Crippen LogP contribution in [0.2, 0.25) is 4.34 Å². The van der Waals surface area contributed by atoms with Crippen LogP contribution in [0.5, 0.6) is 0 Å². The number of aromatic nitrogens is 2. The molecule has 0 spiro atoms. The van der Waals surface area contributed by atoms with Crippen molar-refractivity contribution in [2.24, 2.45) is 7.05 Å². The molecule has 3 aromatic heterocycles. The molecular weight excluding hydrogens is 310 g/mol. The first-order valence-electron chi connectivity index (χ1n) is 6.19. The van der Waals surface area contributed by atoms with Gasteiger partial charge in [-0.05, 0) is 30.5 Å². The highest BCUT2D eigenvalue weighted by molar-refractivity contribution is 7.16. The van der Waals surface area contributed by atoms with Gasteiger partial charge in [0.1, 0.15) is 0 Å². The monoisotopic (exact) mass is 323 g/mol. The summed E-state index contributed by atoms with van der Waals surface area (Å²) in [5.74, 6) is 0. The lowest BCUT2D eigenvalue weighted by Gasteiger charge is -2.16. The molecule has 0 fully saturated rings. The minimum atomic E-state index is 0.121. The van der Waals surface area contributed by atoms with E-state index in [1.807, 2.05) is 30.9 Å². The zero-order valence-electron chi connectivity index (χ0n) is 11.1. The first-order valence-corrected chi connectivity index (χ1v) is 8.26. The maximum atomic E-state index is 6.08. The van der Waals surface area contributed by atoms with Crippen molar-refractivity contribution in [3.63, 3.8) is 0 Å². The molecular formula is C14H14ClN3S2. The highest BCUT2D eigenvalue weighted by Gasteiger charge is 2.18. The molecule has 0 radical (unpaired) electrons. The second kappa shape index (κ2) is 5.60. The highest BCUT2D eigenvalue weighted by Crippen LogP contribution is 2.35. The number of nitrogens with zero attached hydrogens (tertiary/aromatic N) is 2. The summed E-state index contributed by atoms with van der Waals surface area (Å²) in [6, 6.07) is 8.35. The Morgan fingerprint density at radius 2 is 2.15 bits per heavy atom. The number of halogens is 1. The van der Waals surface area contributed by atoms with Gasteiger partial charge in [0, 0.05) is 23.0 Å². The molecule has 3 rings (SSSR count). The van der Waals surface area contributed by atoms with Crippen LogP contribution in [0.3, 0.4) is 0 Å². The summed E-state index contributed by atoms with van der Waals surface area (Å²) in [6.45, 7) is 2.01. The number of nitrogens with one attached hydrogen (secondary N) is 1. The second-order valence-corrected chi connectivity index (χ2v) is 7.26. The summed E-state index contributed by atoms with van der Waals surface area (Å²) in [5, 5.41) is 10.1. The maximum absolute atomic E-state index is 6.08. The Morgan fingerprint density at radius 1 is 1.30 bits per heavy atom. The molecule has 0 amide bonds. The molecule has 0 aromatic carbocycles. The molecule has 1 atom stereocenters. The summed E-state index contributed by atoms with van der Waals surface area (Å²) in [7, 11) is 1.93. The van der Waals surface area contributed by atoms with Crippen molar-refractivity contribution in [3.05, 3.63) is 55.6 Å². The van der Waals surface area contributed by atoms with Crippen molar-refractivity contribution in [2.75, 3.05) is 5.32 Å². The normalized spacial score (nSPS) is 12.6. The molecule has 0 aliphatic carbocycles. The van der Waals surface area contributed by atoms with Gasteiger partial charge in [0.2, 0.25) is 0 Å². The van der Waals surface area contributed by atoms with Crippen LogP contribution in [0.4, 0.5) is 5.69 Å². The fourth-order valence-electron chi connectivity index (χ4n) is 2.12. The van der Waals surface area contributed by atoms with Crippen molar-refractivity contribution >= 4 is 40.0 Å². The van der Waals surface area contributed by atoms with E-state index in [1.165, 1.54) is 9.75 Å². The zero-order valence-corrected chi connectivity index (χ0v) is 13.5. The predicted octanol–water partition coefficient (Wildman–Crippen LogP) is 4.71. The van der Waals surface area contributed by atoms with Gasteiger partial charge < -0.3 is 5.32 Å². The van der Waals surface area contributed by atoms with Gasteiger partial charge in [-0.2, -0.15) is 5.10 Å². The summed E-state index contributed by atoms with van der Waals surface area (Å²) in [5.41, 5.74) is 2.05. The van der Waals surface area contributed by atoms with Gasteiger partial charge in [-0.3, -0.25) is 4.68 Å². The van der Waals surface area contributed by atoms with Crippen LogP contribution in [-0.4, -0.2) is 9.78 Å². The number of anilines is 1. The lowest BCUT2D eigenvalue weighted by molar-refractivity contribution is 0.756. The number of hydrogen-bond acceptors (Lipinski definition) is 4. The summed E-state index contributed by atoms with van der Waals surface area (Å²) < 4.78 is 2.64. The Labute approximate surface area is 130 Å². The summed E-state index contributed by atoms with van der Waals surface area (Å²) >= 11 is 9.43. The topological polar surface area (TPSA) is 29.9 Å². The molecule has 0 saturated heterocycles. The molecule has 6 heteroatoms. The quantitative estimate of drug-likeness (QED) is 0.753. The van der Waals surface area contributed by atoms with Gasteiger partial charge in [-0.25, -0.2) is 0 Å². The fourth-order valence-corrected chi connectivity index (χ4v) is 4.12. The zero-order chi connectivity index (χ0) is 14.1. The van der Waals surface area contributed by atoms with Gasteiger partial charge in [0.05, 0.1) is 21.8 Å². The van der Waals surface area contributed by atoms with E-state index in [-0.39, 0.29) is 6.04 Å². The van der Waals surface area contributed by atoms with E-state index < -0.39 is 0 Å². The minimum Gasteiger partial charge on any atom is -0.370 e. The molecule has 20 heavy (non-hydrogen) atoms. The third-order valence-electron chi connectivity index (χ3n) is 3.02. The third-order valence-corrected chi connectivity index (χ3v) is 5.25. The Morgan fingerprint density at radius 3 is 2.70 bits per heavy atom. The van der Waals surface area contributed by atoms with Gasteiger partial charge in [-0.15, -0.1) is 22.7 Å². The van der Waals surface area contributed by atoms with Crippen LogP contribution >= 0.6 is 34.3 Å². The number of thiophene rings is 2. The fraction of sp³-hybridized carbons (Fsp3) is 0.214. The molecule has 3 nitrogen and oxygen atoms in total. The van der Waals surface area contributed by atoms with E-state index in [9.17, 15) is 0 Å². The van der Waals surface area contributed by atoms with E-state index >= 15 is 0 Å². The molecule has 3 heterocycles. The van der Waals surface area contributed by atoms with Gasteiger partial charge >= 0.3 is 0 Å². The van der Waals surface area contributed by atoms with E-state index in [0.29, 0.717) is 0 Å². The van der Waals surface area contributed by atoms with Gasteiger partial charge in [0.25, 0.3) is 0 Å². The number of hydrogen-bond donors (Lipinski definition) is 1. The Kier molecular flexibility index (Phi) is 3.83. The Bertz CT molecular complexity index is 700. The largest absolute Gasteiger partial charge is 0.370 e. The lowest BCUT2D eigenvalue weighted by atomic mass is 10.2. The second-order valence-electron chi connectivity index (χ2n) is 4.54. The smallest absolute Gasteiger partial charge is 0.0955 e. The summed E-state index contributed by atoms with van der Waals surface area (Å²) in [6.07, 6.45) is 2.01. The van der Waals surface area contributed by atoms with E-state index in [0.717, 1.165) is 15.7 Å². The van der Waals surface area contributed by atoms with Crippen LogP contribution < -0.4 is 5.32 Å². The van der Waals surface area contributed by atoms with Gasteiger partial charge in [-0.1, -0.05) is 17.7 Å². The van der Waals surface area contributed by atoms with Gasteiger partial charge in [0.15, 0.2) is 0 Å². The van der Waals surface area contributed by atoms with Crippen LogP contribution in [0.15, 0.2) is 35.8 Å². The van der Waals surface area contributed by atoms with Crippen LogP contribution in [0.1, 0.15) is 21.5 Å². The van der Waals surface area contributed by atoms with E-state index in [1.54, 1.807) is 22.7 Å². The van der Waals surface area contributed by atoms with Crippen molar-refractivity contribution in [1.29, 1.82) is 0 Å². The Hall–Kier alpha value is -1.30. The average Bonchev–Trinajstić information content (AvgIpc) is 3.09. The molecule has 0 aliphatic heterocycles. The van der Waals surface area contributed by atoms with E-state index in [4.69, 9.17) is 11.6 Å². The van der Waals surface area contributed by atoms with Crippen molar-refractivity contribution < 1.29 is 0 Å². The molecule has 0 aliphatic rings. The van der Waals surface area contributed by atoms with Crippen LogP contribution in [0, 0.1) is 6.92 Å². The van der Waals surface area contributed by atoms with Crippen molar-refractivity contribution in [2.45, 2.75) is 13.0 Å². The molecule has 104 valence electrons. The van der Waals surface area contributed by atoms with Crippen LogP contribution in [-0.2, 0) is 7.05 Å². The van der Waals surface area contributed by atoms with E-state index in [2.05, 4.69) is 34.0 Å². The molecule has 0 saturated carbocycles. The van der Waals surface area contributed by atoms with Crippen molar-refractivity contribution in [1.82, 2.24) is 9.78 Å². The SMILES string of the molecule is Cc1nn(C)cc1NC(c1cccs1)c1ccc(Cl)s1. The van der Waals surface area contributed by atoms with Crippen LogP contribution in [0.25, 0.3) is 0 Å². The number of aryl methyl sites for hydroxylation is 2. The molecule has 1 unspecified atom stereocenters. The molecule has 1 N–H and O–H groups in total. The highest BCUT2D eigenvalue weighted by atomic mass is 35.5. The maximum Gasteiger partial charge on any atom is 0.0955 e. The first-order chi connectivity index (χ1) is 9.63. The number of rotatable bonds is 4. The minimum absolute atomic E-state index is 0.121. The molecule has 3 aromatic rings. The predicted molar refractivity (Wildman–Crippen MR) is 87.1 cm³/mol. The average molecular weight is 324 g/mol. The molecule has 0 bridgehead atoms. The lowest BCUT2D eigenvalue weighted by Crippen LogP contribution is -2.09.